The van der Waals surface area contributed by atoms with Crippen molar-refractivity contribution in [2.75, 3.05) is 13.7 Å². The first kappa shape index (κ1) is 22.6. The number of fused-ring (bicyclic) bond motifs is 2. The van der Waals surface area contributed by atoms with E-state index in [4.69, 9.17) is 4.74 Å². The molecule has 170 valence electrons. The van der Waals surface area contributed by atoms with Gasteiger partial charge >= 0.3 is 0 Å². The van der Waals surface area contributed by atoms with E-state index in [1.165, 1.54) is 50.4 Å². The Morgan fingerprint density at radius 2 is 1.68 bits per heavy atom. The molecule has 2 aromatic carbocycles. The molecule has 0 saturated carbocycles. The lowest BCUT2D eigenvalue weighted by Crippen LogP contribution is -2.23. The Morgan fingerprint density at radius 1 is 1.00 bits per heavy atom. The van der Waals surface area contributed by atoms with Crippen molar-refractivity contribution in [2.24, 2.45) is 10.2 Å². The smallest absolute Gasteiger partial charge is 0.281 e. The van der Waals surface area contributed by atoms with Crippen LogP contribution in [0.5, 0.6) is 11.6 Å². The predicted molar refractivity (Wildman–Crippen MR) is 119 cm³/mol. The molecule has 4 rings (SSSR count). The first-order chi connectivity index (χ1) is 16.3. The Morgan fingerprint density at radius 3 is 2.35 bits per heavy atom. The molecule has 0 unspecified atom stereocenters. The van der Waals surface area contributed by atoms with Crippen molar-refractivity contribution in [3.63, 3.8) is 0 Å². The number of aromatic nitrogens is 1. The third-order valence-electron chi connectivity index (χ3n) is 5.57. The van der Waals surface area contributed by atoms with Crippen LogP contribution in [0.1, 0.15) is 43.0 Å². The van der Waals surface area contributed by atoms with Gasteiger partial charge in [-0.25, -0.2) is 0 Å². The van der Waals surface area contributed by atoms with Gasteiger partial charge in [-0.2, -0.15) is 5.26 Å². The van der Waals surface area contributed by atoms with E-state index in [1.807, 2.05) is 6.07 Å². The van der Waals surface area contributed by atoms with Crippen LogP contribution in [0.4, 0.5) is 11.4 Å². The number of carbonyl (C=O) groups is 2. The van der Waals surface area contributed by atoms with E-state index >= 15 is 0 Å². The molecule has 0 aliphatic heterocycles. The maximum atomic E-state index is 13.2. The minimum Gasteiger partial charge on any atom is -0.507 e. The largest absolute Gasteiger partial charge is 0.507 e. The van der Waals surface area contributed by atoms with E-state index < -0.39 is 23.0 Å². The Balaban J connectivity index is 1.87. The number of phenols is 1. The summed E-state index contributed by atoms with van der Waals surface area (Å²) in [5.41, 5.74) is -0.941. The highest BCUT2D eigenvalue weighted by molar-refractivity contribution is 6.30. The summed E-state index contributed by atoms with van der Waals surface area (Å²) in [5.74, 6) is -1.89. The van der Waals surface area contributed by atoms with Crippen LogP contribution in [0.15, 0.2) is 51.4 Å². The highest BCUT2D eigenvalue weighted by Gasteiger charge is 2.33. The van der Waals surface area contributed by atoms with Crippen LogP contribution < -0.4 is 5.56 Å². The fraction of sp³-hybridized carbons (Fsp3) is 0.167. The number of methoxy groups -OCH3 is 1. The molecule has 0 spiro atoms. The van der Waals surface area contributed by atoms with Crippen LogP contribution in [0.2, 0.25) is 0 Å². The van der Waals surface area contributed by atoms with E-state index in [-0.39, 0.29) is 63.7 Å². The number of nitrogens with zero attached hydrogens (tertiary/aromatic N) is 4. The first-order valence-corrected chi connectivity index (χ1v) is 10.1. The molecule has 1 aromatic heterocycles. The summed E-state index contributed by atoms with van der Waals surface area (Å²) in [4.78, 5) is 39.1. The highest BCUT2D eigenvalue weighted by Crippen LogP contribution is 2.37. The normalized spacial score (nSPS) is 12.5. The third kappa shape index (κ3) is 3.44. The zero-order chi connectivity index (χ0) is 24.6. The summed E-state index contributed by atoms with van der Waals surface area (Å²) in [6.45, 7) is 1.52. The van der Waals surface area contributed by atoms with Gasteiger partial charge in [0.05, 0.1) is 30.0 Å². The summed E-state index contributed by atoms with van der Waals surface area (Å²) >= 11 is 0. The number of rotatable bonds is 5. The molecular formula is C24H18N4O6. The number of ether oxygens (including phenoxy) is 1. The van der Waals surface area contributed by atoms with Gasteiger partial charge in [0, 0.05) is 23.8 Å². The number of nitriles is 1. The van der Waals surface area contributed by atoms with Crippen LogP contribution >= 0.6 is 0 Å². The molecule has 0 saturated heterocycles. The minimum absolute atomic E-state index is 0.0126. The summed E-state index contributed by atoms with van der Waals surface area (Å²) in [5, 5.41) is 38.0. The molecular weight excluding hydrogens is 440 g/mol. The standard InChI is InChI=1S/C24H18N4O6/c1-12-15(11-25)23(32)28(9-10-34-2)24(33)20(12)27-26-16-7-3-5-13-18(16)22(31)19-14(21(13)30)6-4-8-17(19)29/h3-8,29,32H,9-10H2,1-2H3. The topological polar surface area (TPSA) is 154 Å². The van der Waals surface area contributed by atoms with Crippen LogP contribution in [0.25, 0.3) is 0 Å². The molecule has 10 heteroatoms. The fourth-order valence-corrected chi connectivity index (χ4v) is 3.84. The molecule has 0 bridgehead atoms. The monoisotopic (exact) mass is 458 g/mol. The van der Waals surface area contributed by atoms with Gasteiger partial charge in [-0.05, 0) is 19.1 Å². The lowest BCUT2D eigenvalue weighted by molar-refractivity contribution is 0.0977. The van der Waals surface area contributed by atoms with Crippen molar-refractivity contribution in [3.8, 4) is 17.7 Å². The quantitative estimate of drug-likeness (QED) is 0.435. The Kier molecular flexibility index (Phi) is 5.79. The molecule has 10 nitrogen and oxygen atoms in total. The number of pyridine rings is 1. The maximum Gasteiger partial charge on any atom is 0.281 e. The molecule has 0 atom stereocenters. The van der Waals surface area contributed by atoms with Gasteiger partial charge < -0.3 is 14.9 Å². The third-order valence-corrected chi connectivity index (χ3v) is 5.57. The van der Waals surface area contributed by atoms with Gasteiger partial charge in [0.2, 0.25) is 5.88 Å². The number of azo groups is 1. The maximum absolute atomic E-state index is 13.2. The summed E-state index contributed by atoms with van der Waals surface area (Å²) in [7, 11) is 1.43. The number of aromatic hydroxyl groups is 2. The van der Waals surface area contributed by atoms with E-state index in [9.17, 15) is 29.9 Å². The second kappa shape index (κ2) is 8.73. The molecule has 0 fully saturated rings. The molecule has 1 aliphatic carbocycles. The number of carbonyl (C=O) groups excluding carboxylic acids is 2. The second-order valence-corrected chi connectivity index (χ2v) is 7.49. The molecule has 3 aromatic rings. The lowest BCUT2D eigenvalue weighted by Gasteiger charge is -2.19. The first-order valence-electron chi connectivity index (χ1n) is 10.1. The minimum atomic E-state index is -0.704. The summed E-state index contributed by atoms with van der Waals surface area (Å²) < 4.78 is 5.90. The predicted octanol–water partition coefficient (Wildman–Crippen LogP) is 3.28. The average molecular weight is 458 g/mol. The van der Waals surface area contributed by atoms with Crippen molar-refractivity contribution in [1.82, 2.24) is 4.57 Å². The van der Waals surface area contributed by atoms with Gasteiger partial charge in [0.1, 0.15) is 17.4 Å². The van der Waals surface area contributed by atoms with Crippen molar-refractivity contribution in [2.45, 2.75) is 13.5 Å². The SMILES string of the molecule is COCCn1c(O)c(C#N)c(C)c(N=Nc2cccc3c2C(=O)c2c(O)cccc2C3=O)c1=O. The summed E-state index contributed by atoms with van der Waals surface area (Å²) in [6.07, 6.45) is 0. The number of phenolic OH excluding ortho intramolecular Hbond substituents is 1. The molecule has 0 radical (unpaired) electrons. The molecule has 34 heavy (non-hydrogen) atoms. The Hall–Kier alpha value is -4.62. The molecule has 2 N–H and O–H groups in total. The Bertz CT molecular complexity index is 1500. The fourth-order valence-electron chi connectivity index (χ4n) is 3.84. The Labute approximate surface area is 193 Å². The van der Waals surface area contributed by atoms with Crippen molar-refractivity contribution in [1.29, 1.82) is 5.26 Å². The molecule has 1 aliphatic rings. The highest BCUT2D eigenvalue weighted by atomic mass is 16.5. The number of hydrogen-bond donors (Lipinski definition) is 2. The van der Waals surface area contributed by atoms with Crippen molar-refractivity contribution >= 4 is 22.9 Å². The van der Waals surface area contributed by atoms with E-state index in [0.717, 1.165) is 4.57 Å². The molecule has 0 amide bonds. The number of benzene rings is 2. The second-order valence-electron chi connectivity index (χ2n) is 7.49. The number of ketones is 2. The van der Waals surface area contributed by atoms with Gasteiger partial charge in [-0.3, -0.25) is 19.0 Å². The van der Waals surface area contributed by atoms with E-state index in [0.29, 0.717) is 0 Å². The van der Waals surface area contributed by atoms with E-state index in [1.54, 1.807) is 0 Å². The lowest BCUT2D eigenvalue weighted by atomic mass is 9.83. The van der Waals surface area contributed by atoms with Crippen LogP contribution in [0, 0.1) is 18.3 Å². The number of hydrogen-bond acceptors (Lipinski definition) is 9. The average Bonchev–Trinajstić information content (AvgIpc) is 2.82. The van der Waals surface area contributed by atoms with Gasteiger partial charge in [0.25, 0.3) is 5.56 Å². The zero-order valence-corrected chi connectivity index (χ0v) is 18.2. The van der Waals surface area contributed by atoms with Gasteiger partial charge in [-0.15, -0.1) is 10.2 Å². The summed E-state index contributed by atoms with van der Waals surface area (Å²) in [6, 6.07) is 10.5. The van der Waals surface area contributed by atoms with Gasteiger partial charge in [-0.1, -0.05) is 24.3 Å². The van der Waals surface area contributed by atoms with Crippen LogP contribution in [-0.4, -0.2) is 40.1 Å². The molecule has 1 heterocycles. The van der Waals surface area contributed by atoms with Crippen molar-refractivity contribution < 1.29 is 24.5 Å². The van der Waals surface area contributed by atoms with Gasteiger partial charge in [0.15, 0.2) is 17.3 Å². The zero-order valence-electron chi connectivity index (χ0n) is 18.2. The van der Waals surface area contributed by atoms with Crippen molar-refractivity contribution in [3.05, 3.63) is 80.1 Å². The van der Waals surface area contributed by atoms with Crippen LogP contribution in [0.3, 0.4) is 0 Å². The van der Waals surface area contributed by atoms with Crippen LogP contribution in [-0.2, 0) is 11.3 Å². The van der Waals surface area contributed by atoms with E-state index in [2.05, 4.69) is 10.2 Å².